The van der Waals surface area contributed by atoms with Crippen LogP contribution in [0.25, 0.3) is 0 Å². The minimum atomic E-state index is -0.336. The fourth-order valence-corrected chi connectivity index (χ4v) is 5.74. The van der Waals surface area contributed by atoms with Gasteiger partial charge in [0.1, 0.15) is 11.1 Å². The van der Waals surface area contributed by atoms with E-state index in [1.54, 1.807) is 48.2 Å². The van der Waals surface area contributed by atoms with Gasteiger partial charge in [-0.05, 0) is 65.1 Å². The quantitative estimate of drug-likeness (QED) is 0.179. The Morgan fingerprint density at radius 1 is 0.884 bits per heavy atom. The first-order chi connectivity index (χ1) is 21.0. The highest BCUT2D eigenvalue weighted by molar-refractivity contribution is 8.00. The van der Waals surface area contributed by atoms with Gasteiger partial charge in [-0.1, -0.05) is 72.8 Å². The maximum Gasteiger partial charge on any atom is 0.271 e. The molecule has 8 nitrogen and oxygen atoms in total. The molecule has 0 unspecified atom stereocenters. The molecule has 4 aromatic carbocycles. The van der Waals surface area contributed by atoms with Crippen LogP contribution in [0.1, 0.15) is 38.0 Å². The van der Waals surface area contributed by atoms with E-state index in [2.05, 4.69) is 15.8 Å². The number of rotatable bonds is 12. The molecule has 4 aromatic rings. The maximum absolute atomic E-state index is 12.6. The standard InChI is InChI=1S/C34H32N4O4S/c39-31(35-20-19-25-7-3-1-4-8-25)23-42-30-17-11-26(12-18-30)21-36-37-33(41)28-13-15-29(16-14-28)34-38(32(40)24-43-34)22-27-9-5-2-6-10-27/h1-18,21,34H,19-20,22-24H2,(H,35,39)(H,37,41)/b36-21-/t34-/m1/s1. The van der Waals surface area contributed by atoms with Crippen molar-refractivity contribution in [2.75, 3.05) is 18.9 Å². The molecular weight excluding hydrogens is 560 g/mol. The zero-order valence-corrected chi connectivity index (χ0v) is 24.3. The zero-order valence-electron chi connectivity index (χ0n) is 23.5. The lowest BCUT2D eigenvalue weighted by Gasteiger charge is -2.24. The maximum atomic E-state index is 12.6. The molecule has 0 bridgehead atoms. The van der Waals surface area contributed by atoms with Crippen molar-refractivity contribution in [1.29, 1.82) is 0 Å². The van der Waals surface area contributed by atoms with Gasteiger partial charge >= 0.3 is 0 Å². The Hall–Kier alpha value is -4.89. The molecule has 1 fully saturated rings. The van der Waals surface area contributed by atoms with Crippen molar-refractivity contribution in [2.24, 2.45) is 5.10 Å². The van der Waals surface area contributed by atoms with Crippen molar-refractivity contribution >= 4 is 35.7 Å². The molecule has 0 saturated carbocycles. The van der Waals surface area contributed by atoms with Gasteiger partial charge in [-0.2, -0.15) is 5.10 Å². The molecule has 1 heterocycles. The SMILES string of the molecule is O=C(COc1ccc(/C=N\NC(=O)c2ccc([C@H]3SCC(=O)N3Cc3ccccc3)cc2)cc1)NCCc1ccccc1. The van der Waals surface area contributed by atoms with Crippen LogP contribution in [0.5, 0.6) is 5.75 Å². The molecule has 43 heavy (non-hydrogen) atoms. The molecule has 1 aliphatic heterocycles. The second-order valence-electron chi connectivity index (χ2n) is 9.93. The predicted octanol–water partition coefficient (Wildman–Crippen LogP) is 4.96. The molecule has 0 radical (unpaired) electrons. The lowest BCUT2D eigenvalue weighted by atomic mass is 10.1. The van der Waals surface area contributed by atoms with E-state index in [-0.39, 0.29) is 29.7 Å². The van der Waals surface area contributed by atoms with Gasteiger partial charge in [0.2, 0.25) is 5.91 Å². The smallest absolute Gasteiger partial charge is 0.271 e. The van der Waals surface area contributed by atoms with Crippen LogP contribution >= 0.6 is 11.8 Å². The Morgan fingerprint density at radius 3 is 2.26 bits per heavy atom. The molecule has 218 valence electrons. The first-order valence-corrected chi connectivity index (χ1v) is 15.0. The summed E-state index contributed by atoms with van der Waals surface area (Å²) in [7, 11) is 0. The Kier molecular flexibility index (Phi) is 10.2. The predicted molar refractivity (Wildman–Crippen MR) is 169 cm³/mol. The lowest BCUT2D eigenvalue weighted by molar-refractivity contribution is -0.128. The summed E-state index contributed by atoms with van der Waals surface area (Å²) in [4.78, 5) is 39.1. The minimum Gasteiger partial charge on any atom is -0.484 e. The first kappa shape index (κ1) is 29.6. The number of hydrazone groups is 1. The van der Waals surface area contributed by atoms with Gasteiger partial charge in [-0.15, -0.1) is 11.8 Å². The van der Waals surface area contributed by atoms with Crippen molar-refractivity contribution in [3.8, 4) is 5.75 Å². The highest BCUT2D eigenvalue weighted by atomic mass is 32.2. The average Bonchev–Trinajstić information content (AvgIpc) is 3.41. The third kappa shape index (κ3) is 8.56. The van der Waals surface area contributed by atoms with Gasteiger partial charge in [0.05, 0.1) is 12.0 Å². The van der Waals surface area contributed by atoms with Crippen LogP contribution in [-0.2, 0) is 22.6 Å². The third-order valence-electron chi connectivity index (χ3n) is 6.83. The highest BCUT2D eigenvalue weighted by Crippen LogP contribution is 2.39. The van der Waals surface area contributed by atoms with Gasteiger partial charge in [0.25, 0.3) is 11.8 Å². The number of thioether (sulfide) groups is 1. The number of carbonyl (C=O) groups is 3. The zero-order chi connectivity index (χ0) is 29.9. The van der Waals surface area contributed by atoms with Crippen molar-refractivity contribution in [2.45, 2.75) is 18.3 Å². The lowest BCUT2D eigenvalue weighted by Crippen LogP contribution is -2.30. The molecular formula is C34H32N4O4S. The van der Waals surface area contributed by atoms with Gasteiger partial charge in [0.15, 0.2) is 6.61 Å². The Bertz CT molecular complexity index is 1550. The Labute approximate surface area is 255 Å². The van der Waals surface area contributed by atoms with Crippen molar-refractivity contribution in [3.05, 3.63) is 137 Å². The average molecular weight is 593 g/mol. The fraction of sp³-hybridized carbons (Fsp3) is 0.176. The number of ether oxygens (including phenoxy) is 1. The Morgan fingerprint density at radius 2 is 1.56 bits per heavy atom. The number of nitrogens with one attached hydrogen (secondary N) is 2. The summed E-state index contributed by atoms with van der Waals surface area (Å²) in [6, 6.07) is 34.2. The molecule has 0 spiro atoms. The van der Waals surface area contributed by atoms with Crippen LogP contribution in [0, 0.1) is 0 Å². The molecule has 1 atom stereocenters. The fourth-order valence-electron chi connectivity index (χ4n) is 4.55. The van der Waals surface area contributed by atoms with Crippen molar-refractivity contribution < 1.29 is 19.1 Å². The van der Waals surface area contributed by atoms with Crippen LogP contribution < -0.4 is 15.5 Å². The molecule has 2 N–H and O–H groups in total. The second kappa shape index (κ2) is 14.8. The Balaban J connectivity index is 1.06. The van der Waals surface area contributed by atoms with E-state index in [9.17, 15) is 14.4 Å². The van der Waals surface area contributed by atoms with Gasteiger partial charge in [0, 0.05) is 18.7 Å². The van der Waals surface area contributed by atoms with E-state index in [4.69, 9.17) is 4.74 Å². The summed E-state index contributed by atoms with van der Waals surface area (Å²) in [5.41, 5.74) is 6.99. The van der Waals surface area contributed by atoms with Crippen LogP contribution in [0.4, 0.5) is 0 Å². The monoisotopic (exact) mass is 592 g/mol. The van der Waals surface area contributed by atoms with Gasteiger partial charge < -0.3 is 15.0 Å². The van der Waals surface area contributed by atoms with Gasteiger partial charge in [-0.25, -0.2) is 5.43 Å². The molecule has 0 aromatic heterocycles. The number of amides is 3. The van der Waals surface area contributed by atoms with Crippen molar-refractivity contribution in [3.63, 3.8) is 0 Å². The summed E-state index contributed by atoms with van der Waals surface area (Å²) in [6.07, 6.45) is 2.30. The third-order valence-corrected chi connectivity index (χ3v) is 8.09. The van der Waals surface area contributed by atoms with E-state index in [1.807, 2.05) is 77.7 Å². The number of hydrogen-bond donors (Lipinski definition) is 2. The normalized spacial score (nSPS) is 14.6. The molecule has 5 rings (SSSR count). The summed E-state index contributed by atoms with van der Waals surface area (Å²) in [6.45, 7) is 1.02. The second-order valence-corrected chi connectivity index (χ2v) is 11.0. The van der Waals surface area contributed by atoms with E-state index < -0.39 is 0 Å². The van der Waals surface area contributed by atoms with Crippen LogP contribution in [0.2, 0.25) is 0 Å². The minimum absolute atomic E-state index is 0.0716. The highest BCUT2D eigenvalue weighted by Gasteiger charge is 2.32. The summed E-state index contributed by atoms with van der Waals surface area (Å²) < 4.78 is 5.57. The van der Waals surface area contributed by atoms with E-state index in [0.29, 0.717) is 30.2 Å². The molecule has 3 amide bonds. The van der Waals surface area contributed by atoms with Crippen LogP contribution in [-0.4, -0.2) is 47.7 Å². The van der Waals surface area contributed by atoms with Crippen molar-refractivity contribution in [1.82, 2.24) is 15.6 Å². The topological polar surface area (TPSA) is 100 Å². The van der Waals surface area contributed by atoms with E-state index in [0.717, 1.165) is 23.1 Å². The number of hydrogen-bond acceptors (Lipinski definition) is 6. The summed E-state index contributed by atoms with van der Waals surface area (Å²) in [5.74, 6) is 0.583. The molecule has 1 saturated heterocycles. The summed E-state index contributed by atoms with van der Waals surface area (Å²) in [5, 5.41) is 6.82. The van der Waals surface area contributed by atoms with Gasteiger partial charge in [-0.3, -0.25) is 14.4 Å². The number of carbonyl (C=O) groups excluding carboxylic acids is 3. The number of nitrogens with zero attached hydrogens (tertiary/aromatic N) is 2. The summed E-state index contributed by atoms with van der Waals surface area (Å²) >= 11 is 1.59. The van der Waals surface area contributed by atoms with Crippen LogP contribution in [0.15, 0.2) is 114 Å². The van der Waals surface area contributed by atoms with E-state index in [1.165, 1.54) is 11.8 Å². The first-order valence-electron chi connectivity index (χ1n) is 14.0. The molecule has 0 aliphatic carbocycles. The molecule has 1 aliphatic rings. The van der Waals surface area contributed by atoms with E-state index >= 15 is 0 Å². The largest absolute Gasteiger partial charge is 0.484 e. The van der Waals surface area contributed by atoms with Crippen LogP contribution in [0.3, 0.4) is 0 Å². The number of benzene rings is 4. The molecule has 9 heteroatoms.